The first kappa shape index (κ1) is 11.9. The third kappa shape index (κ3) is 1.84. The molecule has 1 aromatic rings. The lowest BCUT2D eigenvalue weighted by atomic mass is 9.54. The van der Waals surface area contributed by atoms with Crippen LogP contribution >= 0.6 is 0 Å². The Balaban J connectivity index is 1.60. The highest BCUT2D eigenvalue weighted by atomic mass is 16.3. The van der Waals surface area contributed by atoms with Crippen molar-refractivity contribution in [2.24, 2.45) is 29.4 Å². The first-order valence-corrected chi connectivity index (χ1v) is 7.66. The van der Waals surface area contributed by atoms with Crippen LogP contribution in [-0.2, 0) is 0 Å². The Bertz CT molecular complexity index is 442. The molecule has 1 heterocycles. The Morgan fingerprint density at radius 1 is 1.21 bits per heavy atom. The van der Waals surface area contributed by atoms with E-state index < -0.39 is 6.10 Å². The number of aliphatic hydroxyl groups is 1. The molecule has 0 aliphatic heterocycles. The van der Waals surface area contributed by atoms with Crippen molar-refractivity contribution in [1.82, 2.24) is 9.55 Å². The topological polar surface area (TPSA) is 64.1 Å². The summed E-state index contributed by atoms with van der Waals surface area (Å²) >= 11 is 0. The lowest BCUT2D eigenvalue weighted by Gasteiger charge is -2.54. The molecule has 4 aliphatic rings. The summed E-state index contributed by atoms with van der Waals surface area (Å²) in [6.07, 6.45) is 10.5. The number of imidazole rings is 1. The fourth-order valence-corrected chi connectivity index (χ4v) is 5.19. The molecule has 4 bridgehead atoms. The largest absolute Gasteiger partial charge is 0.385 e. The van der Waals surface area contributed by atoms with Crippen molar-refractivity contribution < 1.29 is 5.11 Å². The van der Waals surface area contributed by atoms with Crippen molar-refractivity contribution in [2.75, 3.05) is 6.54 Å². The van der Waals surface area contributed by atoms with Crippen molar-refractivity contribution in [1.29, 1.82) is 0 Å². The highest BCUT2D eigenvalue weighted by Gasteiger charge is 2.48. The fraction of sp³-hybridized carbons (Fsp3) is 0.800. The molecular weight excluding hydrogens is 238 g/mol. The quantitative estimate of drug-likeness (QED) is 0.873. The van der Waals surface area contributed by atoms with Crippen molar-refractivity contribution >= 4 is 0 Å². The number of aromatic nitrogens is 2. The molecule has 1 atom stereocenters. The first-order chi connectivity index (χ1) is 9.24. The first-order valence-electron chi connectivity index (χ1n) is 7.66. The van der Waals surface area contributed by atoms with Crippen LogP contribution in [0.5, 0.6) is 0 Å². The van der Waals surface area contributed by atoms with Gasteiger partial charge >= 0.3 is 0 Å². The number of hydrogen-bond acceptors (Lipinski definition) is 3. The summed E-state index contributed by atoms with van der Waals surface area (Å²) in [5, 5.41) is 9.79. The van der Waals surface area contributed by atoms with Crippen LogP contribution in [0.3, 0.4) is 0 Å². The highest BCUT2D eigenvalue weighted by molar-refractivity contribution is 5.07. The van der Waals surface area contributed by atoms with Gasteiger partial charge in [0.15, 0.2) is 0 Å². The van der Waals surface area contributed by atoms with Gasteiger partial charge in [-0.1, -0.05) is 0 Å². The second-order valence-electron chi connectivity index (χ2n) is 6.92. The van der Waals surface area contributed by atoms with Gasteiger partial charge in [0.1, 0.15) is 6.10 Å². The van der Waals surface area contributed by atoms with Crippen LogP contribution in [0, 0.1) is 23.7 Å². The molecule has 0 saturated heterocycles. The van der Waals surface area contributed by atoms with Gasteiger partial charge in [0.25, 0.3) is 0 Å². The molecule has 4 nitrogen and oxygen atoms in total. The number of rotatable bonds is 3. The Morgan fingerprint density at radius 2 is 1.84 bits per heavy atom. The third-order valence-electron chi connectivity index (χ3n) is 5.71. The second kappa shape index (κ2) is 4.32. The molecule has 0 spiro atoms. The zero-order chi connectivity index (χ0) is 13.0. The normalized spacial score (nSPS) is 41.7. The van der Waals surface area contributed by atoms with Crippen LogP contribution in [0.2, 0.25) is 0 Å². The summed E-state index contributed by atoms with van der Waals surface area (Å²) in [6, 6.07) is 0.624. The Labute approximate surface area is 114 Å². The van der Waals surface area contributed by atoms with Gasteiger partial charge in [-0.25, -0.2) is 4.98 Å². The molecule has 0 radical (unpaired) electrons. The molecule has 1 aromatic heterocycles. The predicted molar refractivity (Wildman–Crippen MR) is 72.3 cm³/mol. The van der Waals surface area contributed by atoms with Crippen LogP contribution < -0.4 is 5.73 Å². The molecule has 0 aromatic carbocycles. The zero-order valence-corrected chi connectivity index (χ0v) is 11.3. The fourth-order valence-electron chi connectivity index (χ4n) is 5.19. The van der Waals surface area contributed by atoms with E-state index in [2.05, 4.69) is 9.55 Å². The Kier molecular flexibility index (Phi) is 2.71. The summed E-state index contributed by atoms with van der Waals surface area (Å²) in [6.45, 7) is 0.249. The van der Waals surface area contributed by atoms with Gasteiger partial charge in [0.05, 0.1) is 12.0 Å². The smallest absolute Gasteiger partial charge is 0.110 e. The van der Waals surface area contributed by atoms with Crippen molar-refractivity contribution in [3.8, 4) is 0 Å². The van der Waals surface area contributed by atoms with E-state index in [1.165, 1.54) is 32.1 Å². The van der Waals surface area contributed by atoms with Crippen LogP contribution in [0.25, 0.3) is 0 Å². The lowest BCUT2D eigenvalue weighted by Crippen LogP contribution is -2.45. The monoisotopic (exact) mass is 261 g/mol. The van der Waals surface area contributed by atoms with Crippen molar-refractivity contribution in [2.45, 2.75) is 44.2 Å². The summed E-state index contributed by atoms with van der Waals surface area (Å²) < 4.78 is 2.28. The van der Waals surface area contributed by atoms with Crippen molar-refractivity contribution in [3.63, 3.8) is 0 Å². The molecule has 4 heteroatoms. The summed E-state index contributed by atoms with van der Waals surface area (Å²) in [5.41, 5.74) is 6.24. The molecule has 19 heavy (non-hydrogen) atoms. The SMILES string of the molecule is NCC(O)c1cn(C2C3CC4CC(C3)CC2C4)cn1. The van der Waals surface area contributed by atoms with Crippen LogP contribution in [-0.4, -0.2) is 21.2 Å². The minimum absolute atomic E-state index is 0.249. The van der Waals surface area contributed by atoms with E-state index in [-0.39, 0.29) is 6.54 Å². The highest BCUT2D eigenvalue weighted by Crippen LogP contribution is 2.58. The van der Waals surface area contributed by atoms with Gasteiger partial charge in [-0.3, -0.25) is 0 Å². The van der Waals surface area contributed by atoms with Gasteiger partial charge in [-0.05, 0) is 55.8 Å². The van der Waals surface area contributed by atoms with E-state index in [1.807, 2.05) is 12.5 Å². The summed E-state index contributed by atoms with van der Waals surface area (Å²) in [5.74, 6) is 3.68. The van der Waals surface area contributed by atoms with Crippen molar-refractivity contribution in [3.05, 3.63) is 18.2 Å². The molecule has 4 fully saturated rings. The minimum Gasteiger partial charge on any atom is -0.385 e. The average Bonchev–Trinajstić information content (AvgIpc) is 2.86. The van der Waals surface area contributed by atoms with E-state index in [4.69, 9.17) is 5.73 Å². The molecular formula is C15H23N3O. The number of aliphatic hydroxyl groups excluding tert-OH is 1. The van der Waals surface area contributed by atoms with E-state index in [1.54, 1.807) is 0 Å². The molecule has 0 amide bonds. The molecule has 5 rings (SSSR count). The van der Waals surface area contributed by atoms with Crippen LogP contribution in [0.1, 0.15) is 49.9 Å². The van der Waals surface area contributed by atoms with Gasteiger partial charge in [0, 0.05) is 18.8 Å². The standard InChI is InChI=1S/C15H23N3O/c16-6-14(19)13-7-18(8-17-13)15-11-2-9-1-10(4-11)5-12(15)3-9/h7-12,14-15,19H,1-6,16H2. The lowest BCUT2D eigenvalue weighted by molar-refractivity contribution is -0.0292. The van der Waals surface area contributed by atoms with E-state index in [0.29, 0.717) is 6.04 Å². The maximum atomic E-state index is 9.79. The molecule has 3 N–H and O–H groups in total. The molecule has 1 unspecified atom stereocenters. The summed E-state index contributed by atoms with van der Waals surface area (Å²) in [4.78, 5) is 4.35. The summed E-state index contributed by atoms with van der Waals surface area (Å²) in [7, 11) is 0. The average molecular weight is 261 g/mol. The van der Waals surface area contributed by atoms with Gasteiger partial charge in [-0.2, -0.15) is 0 Å². The number of nitrogens with two attached hydrogens (primary N) is 1. The molecule has 104 valence electrons. The van der Waals surface area contributed by atoms with E-state index >= 15 is 0 Å². The minimum atomic E-state index is -0.613. The maximum Gasteiger partial charge on any atom is 0.110 e. The van der Waals surface area contributed by atoms with Gasteiger partial charge in [0.2, 0.25) is 0 Å². The van der Waals surface area contributed by atoms with E-state index in [0.717, 1.165) is 29.4 Å². The van der Waals surface area contributed by atoms with Gasteiger partial charge < -0.3 is 15.4 Å². The predicted octanol–water partition coefficient (Wildman–Crippen LogP) is 1.87. The third-order valence-corrected chi connectivity index (χ3v) is 5.71. The van der Waals surface area contributed by atoms with Crippen LogP contribution in [0.4, 0.5) is 0 Å². The number of nitrogens with zero attached hydrogens (tertiary/aromatic N) is 2. The molecule has 4 saturated carbocycles. The molecule has 4 aliphatic carbocycles. The zero-order valence-electron chi connectivity index (χ0n) is 11.3. The van der Waals surface area contributed by atoms with Crippen LogP contribution in [0.15, 0.2) is 12.5 Å². The Hall–Kier alpha value is -0.870. The van der Waals surface area contributed by atoms with Gasteiger partial charge in [-0.15, -0.1) is 0 Å². The maximum absolute atomic E-state index is 9.79. The van der Waals surface area contributed by atoms with E-state index in [9.17, 15) is 5.11 Å². The second-order valence-corrected chi connectivity index (χ2v) is 6.92. The Morgan fingerprint density at radius 3 is 2.42 bits per heavy atom. The number of hydrogen-bond donors (Lipinski definition) is 2.